The van der Waals surface area contributed by atoms with Crippen LogP contribution >= 0.6 is 0 Å². The third-order valence-corrected chi connectivity index (χ3v) is 11.2. The Bertz CT molecular complexity index is 2290. The molecule has 8 rings (SSSR count). The van der Waals surface area contributed by atoms with Crippen LogP contribution in [-0.2, 0) is 16.6 Å². The van der Waals surface area contributed by atoms with Crippen LogP contribution in [0.2, 0.25) is 0 Å². The van der Waals surface area contributed by atoms with E-state index < -0.39 is 30.0 Å². The molecular formula is C36H41F2N11O4. The molecule has 2 aliphatic heterocycles. The maximum absolute atomic E-state index is 14.0. The topological polar surface area (TPSA) is 157 Å². The van der Waals surface area contributed by atoms with E-state index in [9.17, 15) is 28.0 Å². The van der Waals surface area contributed by atoms with Crippen molar-refractivity contribution in [3.63, 3.8) is 0 Å². The molecule has 2 saturated heterocycles. The van der Waals surface area contributed by atoms with E-state index in [1.54, 1.807) is 28.6 Å². The number of imidazole rings is 1. The van der Waals surface area contributed by atoms with Crippen molar-refractivity contribution in [2.45, 2.75) is 70.0 Å². The predicted molar refractivity (Wildman–Crippen MR) is 191 cm³/mol. The second kappa shape index (κ2) is 13.5. The van der Waals surface area contributed by atoms with Gasteiger partial charge >= 0.3 is 5.69 Å². The first-order valence-electron chi connectivity index (χ1n) is 17.9. The van der Waals surface area contributed by atoms with E-state index >= 15 is 0 Å². The number of carbonyl (C=O) groups is 3. The average molecular weight is 730 g/mol. The fourth-order valence-corrected chi connectivity index (χ4v) is 8.28. The Balaban J connectivity index is 0.879. The predicted octanol–water partition coefficient (Wildman–Crippen LogP) is 3.61. The molecule has 5 aromatic rings. The number of carbonyl (C=O) groups excluding carboxylic acids is 3. The van der Waals surface area contributed by atoms with Gasteiger partial charge in [-0.2, -0.15) is 10.2 Å². The number of benzene rings is 1. The van der Waals surface area contributed by atoms with Gasteiger partial charge in [0.1, 0.15) is 11.6 Å². The number of nitrogens with zero attached hydrogens (tertiary/aromatic N) is 9. The van der Waals surface area contributed by atoms with Crippen LogP contribution in [0.4, 0.5) is 20.2 Å². The number of amides is 3. The number of aromatic nitrogens is 7. The number of halogens is 2. The van der Waals surface area contributed by atoms with E-state index in [2.05, 4.69) is 42.7 Å². The zero-order valence-electron chi connectivity index (χ0n) is 29.7. The lowest BCUT2D eigenvalue weighted by Gasteiger charge is -2.42. The number of rotatable bonds is 9. The fourth-order valence-electron chi connectivity index (χ4n) is 8.28. The SMILES string of the molecule is Cc1ccnc2c(C(=O)Nc3cn(C4CC(CN(C)C5CCN(c6cccc7c6n(C)c(=O)n7C6CCC(=O)NC6=O)CC5)C4)nc3C(F)F)cnn12. The summed E-state index contributed by atoms with van der Waals surface area (Å²) in [5, 5.41) is 13.4. The van der Waals surface area contributed by atoms with Gasteiger partial charge in [0.2, 0.25) is 11.8 Å². The van der Waals surface area contributed by atoms with E-state index in [1.807, 2.05) is 25.1 Å². The van der Waals surface area contributed by atoms with Crippen LogP contribution < -0.4 is 21.2 Å². The first-order chi connectivity index (χ1) is 25.5. The second-order valence-electron chi connectivity index (χ2n) is 14.5. The molecule has 17 heteroatoms. The third-order valence-electron chi connectivity index (χ3n) is 11.2. The van der Waals surface area contributed by atoms with Gasteiger partial charge in [-0.25, -0.2) is 23.1 Å². The molecule has 1 atom stereocenters. The number of nitrogens with one attached hydrogen (secondary N) is 2. The van der Waals surface area contributed by atoms with Gasteiger partial charge in [-0.1, -0.05) is 6.07 Å². The van der Waals surface area contributed by atoms with E-state index in [0.717, 1.165) is 62.2 Å². The number of piperidine rings is 2. The summed E-state index contributed by atoms with van der Waals surface area (Å²) in [6, 6.07) is 7.12. The van der Waals surface area contributed by atoms with Gasteiger partial charge in [0.25, 0.3) is 12.3 Å². The maximum atomic E-state index is 14.0. The van der Waals surface area contributed by atoms with Crippen molar-refractivity contribution in [1.82, 2.24) is 43.7 Å². The number of anilines is 2. The highest BCUT2D eigenvalue weighted by Gasteiger charge is 2.36. The van der Waals surface area contributed by atoms with E-state index in [4.69, 9.17) is 0 Å². The summed E-state index contributed by atoms with van der Waals surface area (Å²) >= 11 is 0. The molecule has 1 aliphatic carbocycles. The summed E-state index contributed by atoms with van der Waals surface area (Å²) in [4.78, 5) is 59.8. The highest BCUT2D eigenvalue weighted by Crippen LogP contribution is 2.40. The van der Waals surface area contributed by atoms with E-state index in [0.29, 0.717) is 23.1 Å². The Hall–Kier alpha value is -5.45. The summed E-state index contributed by atoms with van der Waals surface area (Å²) in [6.45, 7) is 4.29. The number of hydrogen-bond acceptors (Lipinski definition) is 9. The molecule has 0 spiro atoms. The van der Waals surface area contributed by atoms with Gasteiger partial charge in [0, 0.05) is 57.2 Å². The zero-order chi connectivity index (χ0) is 37.1. The third kappa shape index (κ3) is 6.15. The van der Waals surface area contributed by atoms with Crippen LogP contribution in [-0.4, -0.2) is 88.9 Å². The van der Waals surface area contributed by atoms with Crippen LogP contribution in [0.25, 0.3) is 16.7 Å². The molecule has 0 radical (unpaired) electrons. The van der Waals surface area contributed by atoms with Crippen molar-refractivity contribution in [3.8, 4) is 0 Å². The number of fused-ring (bicyclic) bond motifs is 2. The Kier molecular flexibility index (Phi) is 8.83. The molecule has 2 N–H and O–H groups in total. The lowest BCUT2D eigenvalue weighted by Crippen LogP contribution is -2.46. The second-order valence-corrected chi connectivity index (χ2v) is 14.5. The number of para-hydroxylation sites is 1. The van der Waals surface area contributed by atoms with Crippen molar-refractivity contribution in [1.29, 1.82) is 0 Å². The monoisotopic (exact) mass is 729 g/mol. The van der Waals surface area contributed by atoms with Gasteiger partial charge in [0.05, 0.1) is 34.6 Å². The maximum Gasteiger partial charge on any atom is 0.329 e. The summed E-state index contributed by atoms with van der Waals surface area (Å²) in [5.74, 6) is -0.974. The van der Waals surface area contributed by atoms with Gasteiger partial charge in [-0.15, -0.1) is 0 Å². The van der Waals surface area contributed by atoms with Gasteiger partial charge < -0.3 is 15.1 Å². The normalized spacial score (nSPS) is 21.2. The molecule has 6 heterocycles. The summed E-state index contributed by atoms with van der Waals surface area (Å²) in [7, 11) is 3.85. The molecular weight excluding hydrogens is 688 g/mol. The molecule has 53 heavy (non-hydrogen) atoms. The zero-order valence-corrected chi connectivity index (χ0v) is 29.7. The number of alkyl halides is 2. The minimum atomic E-state index is -2.86. The first-order valence-corrected chi connectivity index (χ1v) is 17.9. The van der Waals surface area contributed by atoms with E-state index in [-0.39, 0.29) is 41.7 Å². The molecule has 0 bridgehead atoms. The molecule has 15 nitrogen and oxygen atoms in total. The van der Waals surface area contributed by atoms with Gasteiger partial charge in [0.15, 0.2) is 11.3 Å². The van der Waals surface area contributed by atoms with E-state index in [1.165, 1.54) is 21.5 Å². The Morgan fingerprint density at radius 3 is 2.62 bits per heavy atom. The van der Waals surface area contributed by atoms with Crippen molar-refractivity contribution < 1.29 is 23.2 Å². The smallest absolute Gasteiger partial charge is 0.329 e. The minimum absolute atomic E-state index is 0.0207. The Morgan fingerprint density at radius 2 is 1.89 bits per heavy atom. The van der Waals surface area contributed by atoms with Crippen LogP contribution in [0.5, 0.6) is 0 Å². The molecule has 3 aliphatic rings. The van der Waals surface area contributed by atoms with Crippen LogP contribution in [0.3, 0.4) is 0 Å². The molecule has 4 aromatic heterocycles. The highest BCUT2D eigenvalue weighted by atomic mass is 19.3. The van der Waals surface area contributed by atoms with Gasteiger partial charge in [-0.05, 0) is 70.2 Å². The van der Waals surface area contributed by atoms with Crippen LogP contribution in [0, 0.1) is 12.8 Å². The average Bonchev–Trinajstić information content (AvgIpc) is 3.81. The summed E-state index contributed by atoms with van der Waals surface area (Å²) in [5.41, 5.74) is 2.94. The summed E-state index contributed by atoms with van der Waals surface area (Å²) < 4.78 is 34.3. The van der Waals surface area contributed by atoms with Gasteiger partial charge in [-0.3, -0.25) is 33.5 Å². The fraction of sp³-hybridized carbons (Fsp3) is 0.472. The lowest BCUT2D eigenvalue weighted by atomic mass is 9.79. The largest absolute Gasteiger partial charge is 0.370 e. The molecule has 1 unspecified atom stereocenters. The number of aryl methyl sites for hydroxylation is 2. The van der Waals surface area contributed by atoms with Crippen LogP contribution in [0.1, 0.15) is 78.8 Å². The lowest BCUT2D eigenvalue weighted by molar-refractivity contribution is -0.135. The highest BCUT2D eigenvalue weighted by molar-refractivity contribution is 6.08. The number of hydrogen-bond donors (Lipinski definition) is 2. The summed E-state index contributed by atoms with van der Waals surface area (Å²) in [6.07, 6.45) is 5.49. The molecule has 1 aromatic carbocycles. The number of imide groups is 1. The minimum Gasteiger partial charge on any atom is -0.370 e. The molecule has 3 amide bonds. The quantitative estimate of drug-likeness (QED) is 0.217. The van der Waals surface area contributed by atoms with Crippen molar-refractivity contribution in [2.75, 3.05) is 36.9 Å². The molecule has 278 valence electrons. The standard InChI is InChI=1S/C36H41F2N11O4/c1-20-9-12-39-33-24(17-40-49(20)33)34(51)41-25-19-47(43-30(25)32(37)38)23-15-21(16-23)18-44(2)22-10-13-46(14-11-22)26-5-4-6-27-31(26)45(3)36(53)48(27)28-7-8-29(50)42-35(28)52/h4-6,9,12,17,19,21-23,28,32H,7-8,10-11,13-16,18H2,1-3H3,(H,41,51)(H,42,50,52). The first kappa shape index (κ1) is 34.6. The van der Waals surface area contributed by atoms with Crippen molar-refractivity contribution in [2.24, 2.45) is 13.0 Å². The van der Waals surface area contributed by atoms with Crippen LogP contribution in [0.15, 0.2) is 47.7 Å². The Morgan fingerprint density at radius 1 is 1.11 bits per heavy atom. The van der Waals surface area contributed by atoms with Crippen molar-refractivity contribution >= 4 is 45.8 Å². The molecule has 1 saturated carbocycles. The Labute approximate surface area is 302 Å². The van der Waals surface area contributed by atoms with Crippen molar-refractivity contribution in [3.05, 3.63) is 70.3 Å². The molecule has 3 fully saturated rings.